The van der Waals surface area contributed by atoms with E-state index in [1.807, 2.05) is 0 Å². The van der Waals surface area contributed by atoms with Crippen LogP contribution < -0.4 is 16.0 Å². The fourth-order valence-electron chi connectivity index (χ4n) is 4.19. The zero-order valence-electron chi connectivity index (χ0n) is 21.4. The van der Waals surface area contributed by atoms with Crippen molar-refractivity contribution in [3.63, 3.8) is 0 Å². The first kappa shape index (κ1) is 25.7. The van der Waals surface area contributed by atoms with Crippen LogP contribution in [0.2, 0.25) is 0 Å². The lowest BCUT2D eigenvalue weighted by Crippen LogP contribution is -2.06. The van der Waals surface area contributed by atoms with Crippen LogP contribution in [0.25, 0.3) is 0 Å². The van der Waals surface area contributed by atoms with Gasteiger partial charge in [-0.3, -0.25) is 0 Å². The van der Waals surface area contributed by atoms with Gasteiger partial charge in [-0.2, -0.15) is 0 Å². The minimum Gasteiger partial charge on any atom is -0.385 e. The molecule has 0 aliphatic rings. The molecule has 0 fully saturated rings. The van der Waals surface area contributed by atoms with Gasteiger partial charge in [0.05, 0.1) is 0 Å². The third-order valence-electron chi connectivity index (χ3n) is 6.31. The van der Waals surface area contributed by atoms with Crippen LogP contribution in [0.5, 0.6) is 0 Å². The fraction of sp³-hybridized carbons (Fsp3) is 0.419. The smallest absolute Gasteiger partial charge is 0.0340 e. The summed E-state index contributed by atoms with van der Waals surface area (Å²) in [5.41, 5.74) is 7.55. The van der Waals surface area contributed by atoms with Crippen molar-refractivity contribution in [3.05, 3.63) is 89.5 Å². The van der Waals surface area contributed by atoms with Gasteiger partial charge in [-0.25, -0.2) is 0 Å². The molecule has 0 aromatic heterocycles. The Balaban J connectivity index is 1.83. The van der Waals surface area contributed by atoms with Gasteiger partial charge in [0.2, 0.25) is 0 Å². The van der Waals surface area contributed by atoms with Crippen molar-refractivity contribution in [1.82, 2.24) is 0 Å². The molecule has 34 heavy (non-hydrogen) atoms. The first-order chi connectivity index (χ1) is 16.7. The van der Waals surface area contributed by atoms with Crippen molar-refractivity contribution >= 4 is 17.1 Å². The van der Waals surface area contributed by atoms with Crippen LogP contribution in [0.3, 0.4) is 0 Å². The van der Waals surface area contributed by atoms with Gasteiger partial charge in [0, 0.05) is 42.6 Å². The molecule has 0 bridgehead atoms. The molecule has 0 amide bonds. The van der Waals surface area contributed by atoms with E-state index in [2.05, 4.69) is 110 Å². The zero-order valence-corrected chi connectivity index (χ0v) is 21.4. The largest absolute Gasteiger partial charge is 0.385 e. The molecule has 0 saturated heterocycles. The van der Waals surface area contributed by atoms with Gasteiger partial charge in [-0.05, 0) is 72.4 Å². The lowest BCUT2D eigenvalue weighted by Gasteiger charge is -2.21. The highest BCUT2D eigenvalue weighted by molar-refractivity contribution is 5.54. The highest BCUT2D eigenvalue weighted by Crippen LogP contribution is 2.34. The summed E-state index contributed by atoms with van der Waals surface area (Å²) >= 11 is 0. The second-order valence-electron chi connectivity index (χ2n) is 9.14. The molecule has 3 heteroatoms. The Morgan fingerprint density at radius 1 is 0.441 bits per heavy atom. The van der Waals surface area contributed by atoms with Crippen LogP contribution in [-0.4, -0.2) is 19.6 Å². The molecule has 0 aliphatic carbocycles. The number of unbranched alkanes of at least 4 members (excludes halogenated alkanes) is 3. The second kappa shape index (κ2) is 14.3. The Bertz CT molecular complexity index is 803. The number of hydrogen-bond donors (Lipinski definition) is 3. The number of anilines is 3. The van der Waals surface area contributed by atoms with Gasteiger partial charge in [-0.1, -0.05) is 76.4 Å². The van der Waals surface area contributed by atoms with Crippen molar-refractivity contribution in [2.75, 3.05) is 35.6 Å². The van der Waals surface area contributed by atoms with Gasteiger partial charge in [0.25, 0.3) is 0 Å². The summed E-state index contributed by atoms with van der Waals surface area (Å²) in [6.07, 6.45) is 7.21. The Kier molecular flexibility index (Phi) is 10.8. The highest BCUT2D eigenvalue weighted by atomic mass is 14.9. The van der Waals surface area contributed by atoms with E-state index in [4.69, 9.17) is 0 Å². The number of hydrogen-bond acceptors (Lipinski definition) is 3. The lowest BCUT2D eigenvalue weighted by atomic mass is 9.85. The monoisotopic (exact) mass is 457 g/mol. The summed E-state index contributed by atoms with van der Waals surface area (Å²) in [5.74, 6) is 0.207. The quantitative estimate of drug-likeness (QED) is 0.158. The molecule has 3 aromatic rings. The zero-order chi connectivity index (χ0) is 24.0. The third-order valence-corrected chi connectivity index (χ3v) is 6.31. The predicted molar refractivity (Wildman–Crippen MR) is 150 cm³/mol. The van der Waals surface area contributed by atoms with Crippen LogP contribution in [0, 0.1) is 0 Å². The Morgan fingerprint density at radius 3 is 0.941 bits per heavy atom. The van der Waals surface area contributed by atoms with Gasteiger partial charge >= 0.3 is 0 Å². The number of rotatable bonds is 15. The van der Waals surface area contributed by atoms with E-state index in [0.29, 0.717) is 0 Å². The normalized spacial score (nSPS) is 10.9. The molecular formula is C31H43N3. The predicted octanol–water partition coefficient (Wildman–Crippen LogP) is 8.50. The molecule has 3 aromatic carbocycles. The van der Waals surface area contributed by atoms with Crippen LogP contribution >= 0.6 is 0 Å². The van der Waals surface area contributed by atoms with Crippen molar-refractivity contribution < 1.29 is 0 Å². The van der Waals surface area contributed by atoms with E-state index < -0.39 is 0 Å². The van der Waals surface area contributed by atoms with E-state index in [9.17, 15) is 0 Å². The average Bonchev–Trinajstić information content (AvgIpc) is 2.87. The van der Waals surface area contributed by atoms with E-state index >= 15 is 0 Å². The second-order valence-corrected chi connectivity index (χ2v) is 9.14. The molecule has 182 valence electrons. The fourth-order valence-corrected chi connectivity index (χ4v) is 4.19. The van der Waals surface area contributed by atoms with Crippen LogP contribution in [0.15, 0.2) is 72.8 Å². The minimum absolute atomic E-state index is 0.207. The summed E-state index contributed by atoms with van der Waals surface area (Å²) in [4.78, 5) is 0. The first-order valence-electron chi connectivity index (χ1n) is 13.3. The molecule has 0 atom stereocenters. The van der Waals surface area contributed by atoms with Crippen LogP contribution in [0.4, 0.5) is 17.1 Å². The van der Waals surface area contributed by atoms with Crippen molar-refractivity contribution in [1.29, 1.82) is 0 Å². The maximum Gasteiger partial charge on any atom is 0.0340 e. The third kappa shape index (κ3) is 7.83. The van der Waals surface area contributed by atoms with Crippen molar-refractivity contribution in [3.8, 4) is 0 Å². The van der Waals surface area contributed by atoms with Crippen molar-refractivity contribution in [2.45, 2.75) is 65.2 Å². The molecule has 0 spiro atoms. The summed E-state index contributed by atoms with van der Waals surface area (Å²) in [6.45, 7) is 9.76. The van der Waals surface area contributed by atoms with Gasteiger partial charge < -0.3 is 16.0 Å². The molecule has 0 radical (unpaired) electrons. The highest BCUT2D eigenvalue weighted by Gasteiger charge is 2.17. The molecular weight excluding hydrogens is 414 g/mol. The Hall–Kier alpha value is -2.94. The maximum absolute atomic E-state index is 3.54. The Labute approximate surface area is 207 Å². The number of nitrogens with one attached hydrogen (secondary N) is 3. The molecule has 3 N–H and O–H groups in total. The molecule has 0 saturated carbocycles. The van der Waals surface area contributed by atoms with Gasteiger partial charge in [0.1, 0.15) is 0 Å². The summed E-state index contributed by atoms with van der Waals surface area (Å²) in [5, 5.41) is 10.6. The van der Waals surface area contributed by atoms with E-state index in [1.165, 1.54) is 72.3 Å². The van der Waals surface area contributed by atoms with E-state index in [-0.39, 0.29) is 5.92 Å². The first-order valence-corrected chi connectivity index (χ1v) is 13.3. The summed E-state index contributed by atoms with van der Waals surface area (Å²) < 4.78 is 0. The molecule has 0 aliphatic heterocycles. The van der Waals surface area contributed by atoms with E-state index in [1.54, 1.807) is 0 Å². The maximum atomic E-state index is 3.54. The van der Waals surface area contributed by atoms with E-state index in [0.717, 1.165) is 19.6 Å². The standard InChI is InChI=1S/C31H43N3/c1-4-7-22-32-28-16-10-25(11-17-28)31(26-12-18-29(19-13-26)33-23-8-5-2)27-14-20-30(21-15-27)34-24-9-6-3/h10-21,31-34H,4-9,22-24H2,1-3H3. The molecule has 0 heterocycles. The lowest BCUT2D eigenvalue weighted by molar-refractivity contribution is 0.834. The summed E-state index contributed by atoms with van der Waals surface area (Å²) in [6, 6.07) is 27.0. The average molecular weight is 458 g/mol. The van der Waals surface area contributed by atoms with Crippen LogP contribution in [-0.2, 0) is 0 Å². The summed E-state index contributed by atoms with van der Waals surface area (Å²) in [7, 11) is 0. The molecule has 3 rings (SSSR count). The minimum atomic E-state index is 0.207. The molecule has 0 unspecified atom stereocenters. The SMILES string of the molecule is CCCCNc1ccc(C(c2ccc(NCCCC)cc2)c2ccc(NCCCC)cc2)cc1. The van der Waals surface area contributed by atoms with Gasteiger partial charge in [-0.15, -0.1) is 0 Å². The number of benzene rings is 3. The van der Waals surface area contributed by atoms with Crippen LogP contribution in [0.1, 0.15) is 81.9 Å². The Morgan fingerprint density at radius 2 is 0.706 bits per heavy atom. The van der Waals surface area contributed by atoms with Crippen molar-refractivity contribution in [2.24, 2.45) is 0 Å². The molecule has 3 nitrogen and oxygen atoms in total. The van der Waals surface area contributed by atoms with Gasteiger partial charge in [0.15, 0.2) is 0 Å². The topological polar surface area (TPSA) is 36.1 Å².